The quantitative estimate of drug-likeness (QED) is 0.754. The van der Waals surface area contributed by atoms with Crippen molar-refractivity contribution in [3.8, 4) is 12.3 Å². The van der Waals surface area contributed by atoms with Gasteiger partial charge in [-0.25, -0.2) is 8.42 Å². The SMILES string of the molecule is C#CCN(CC)S(=O)(=O)c1c(C)nn(CCO)c1C. The Balaban J connectivity index is 3.33. The number of aliphatic hydroxyl groups is 1. The first-order valence-electron chi connectivity index (χ1n) is 5.98. The summed E-state index contributed by atoms with van der Waals surface area (Å²) in [6.07, 6.45) is 5.20. The fourth-order valence-electron chi connectivity index (χ4n) is 1.96. The Hall–Kier alpha value is -1.36. The molecular weight excluding hydrogens is 266 g/mol. The summed E-state index contributed by atoms with van der Waals surface area (Å²) in [7, 11) is -3.65. The lowest BCUT2D eigenvalue weighted by molar-refractivity contribution is 0.267. The summed E-state index contributed by atoms with van der Waals surface area (Å²) in [4.78, 5) is 0.179. The number of hydrogen-bond donors (Lipinski definition) is 1. The third kappa shape index (κ3) is 2.97. The molecule has 0 radical (unpaired) electrons. The van der Waals surface area contributed by atoms with Gasteiger partial charge < -0.3 is 5.11 Å². The van der Waals surface area contributed by atoms with Crippen LogP contribution in [0, 0.1) is 26.2 Å². The molecule has 0 aliphatic carbocycles. The van der Waals surface area contributed by atoms with Crippen molar-refractivity contribution in [3.05, 3.63) is 11.4 Å². The van der Waals surface area contributed by atoms with E-state index in [2.05, 4.69) is 11.0 Å². The van der Waals surface area contributed by atoms with Gasteiger partial charge in [-0.05, 0) is 13.8 Å². The van der Waals surface area contributed by atoms with E-state index in [0.29, 0.717) is 17.9 Å². The number of hydrogen-bond acceptors (Lipinski definition) is 4. The second kappa shape index (κ2) is 6.19. The third-order valence-corrected chi connectivity index (χ3v) is 5.02. The highest BCUT2D eigenvalue weighted by Gasteiger charge is 2.29. The Kier molecular flexibility index (Phi) is 5.11. The maximum absolute atomic E-state index is 12.5. The van der Waals surface area contributed by atoms with Gasteiger partial charge in [0.05, 0.1) is 31.1 Å². The van der Waals surface area contributed by atoms with E-state index >= 15 is 0 Å². The molecule has 0 saturated carbocycles. The second-order valence-corrected chi connectivity index (χ2v) is 5.96. The molecule has 0 fully saturated rings. The highest BCUT2D eigenvalue weighted by Crippen LogP contribution is 2.23. The van der Waals surface area contributed by atoms with E-state index in [1.807, 2.05) is 0 Å². The lowest BCUT2D eigenvalue weighted by atomic mass is 10.4. The molecule has 0 spiro atoms. The van der Waals surface area contributed by atoms with Gasteiger partial charge in [0.2, 0.25) is 10.0 Å². The van der Waals surface area contributed by atoms with E-state index in [1.165, 1.54) is 8.99 Å². The van der Waals surface area contributed by atoms with Gasteiger partial charge in [0.15, 0.2) is 0 Å². The van der Waals surface area contributed by atoms with Crippen molar-refractivity contribution in [1.29, 1.82) is 0 Å². The molecule has 6 nitrogen and oxygen atoms in total. The van der Waals surface area contributed by atoms with Crippen molar-refractivity contribution < 1.29 is 13.5 Å². The maximum Gasteiger partial charge on any atom is 0.247 e. The molecule has 7 heteroatoms. The number of sulfonamides is 1. The van der Waals surface area contributed by atoms with Gasteiger partial charge in [0.1, 0.15) is 4.90 Å². The van der Waals surface area contributed by atoms with Gasteiger partial charge in [-0.15, -0.1) is 6.42 Å². The third-order valence-electron chi connectivity index (χ3n) is 2.85. The first-order valence-corrected chi connectivity index (χ1v) is 7.42. The molecule has 0 aliphatic rings. The molecule has 1 rings (SSSR count). The van der Waals surface area contributed by atoms with E-state index < -0.39 is 10.0 Å². The lowest BCUT2D eigenvalue weighted by Gasteiger charge is -2.18. The van der Waals surface area contributed by atoms with E-state index in [1.54, 1.807) is 20.8 Å². The average Bonchev–Trinajstić information content (AvgIpc) is 2.62. The lowest BCUT2D eigenvalue weighted by Crippen LogP contribution is -2.32. The van der Waals surface area contributed by atoms with Crippen molar-refractivity contribution in [1.82, 2.24) is 14.1 Å². The summed E-state index contributed by atoms with van der Waals surface area (Å²) in [5.41, 5.74) is 0.934. The summed E-state index contributed by atoms with van der Waals surface area (Å²) in [6.45, 7) is 5.55. The van der Waals surface area contributed by atoms with E-state index in [4.69, 9.17) is 11.5 Å². The molecule has 0 saturated heterocycles. The van der Waals surface area contributed by atoms with Gasteiger partial charge in [0.25, 0.3) is 0 Å². The van der Waals surface area contributed by atoms with Crippen molar-refractivity contribution in [3.63, 3.8) is 0 Å². The molecule has 0 bridgehead atoms. The van der Waals surface area contributed by atoms with E-state index in [9.17, 15) is 8.42 Å². The second-order valence-electron chi connectivity index (χ2n) is 4.08. The zero-order valence-electron chi connectivity index (χ0n) is 11.4. The number of rotatable bonds is 6. The molecule has 1 aromatic rings. The highest BCUT2D eigenvalue weighted by molar-refractivity contribution is 7.89. The Morgan fingerprint density at radius 3 is 2.58 bits per heavy atom. The molecule has 1 N–H and O–H groups in total. The van der Waals surface area contributed by atoms with E-state index in [-0.39, 0.29) is 24.6 Å². The minimum atomic E-state index is -3.65. The van der Waals surface area contributed by atoms with Gasteiger partial charge in [-0.1, -0.05) is 12.8 Å². The average molecular weight is 285 g/mol. The van der Waals surface area contributed by atoms with Gasteiger partial charge in [-0.2, -0.15) is 9.40 Å². The van der Waals surface area contributed by atoms with Crippen LogP contribution in [0.4, 0.5) is 0 Å². The fraction of sp³-hybridized carbons (Fsp3) is 0.583. The first-order chi connectivity index (χ1) is 8.89. The van der Waals surface area contributed by atoms with Crippen LogP contribution in [0.2, 0.25) is 0 Å². The van der Waals surface area contributed by atoms with Crippen LogP contribution in [-0.4, -0.2) is 47.3 Å². The Labute approximate surface area is 114 Å². The molecule has 106 valence electrons. The van der Waals surface area contributed by atoms with Crippen molar-refractivity contribution in [2.75, 3.05) is 19.7 Å². The van der Waals surface area contributed by atoms with Crippen molar-refractivity contribution in [2.24, 2.45) is 0 Å². The maximum atomic E-state index is 12.5. The van der Waals surface area contributed by atoms with Gasteiger partial charge in [0, 0.05) is 6.54 Å². The van der Waals surface area contributed by atoms with Crippen LogP contribution in [0.5, 0.6) is 0 Å². The van der Waals surface area contributed by atoms with E-state index in [0.717, 1.165) is 0 Å². The summed E-state index contributed by atoms with van der Waals surface area (Å²) < 4.78 is 27.8. The molecular formula is C12H19N3O3S. The van der Waals surface area contributed by atoms with Crippen LogP contribution in [-0.2, 0) is 16.6 Å². The smallest absolute Gasteiger partial charge is 0.247 e. The Bertz CT molecular complexity index is 584. The van der Waals surface area contributed by atoms with Crippen LogP contribution in [0.25, 0.3) is 0 Å². The summed E-state index contributed by atoms with van der Waals surface area (Å²) >= 11 is 0. The normalized spacial score (nSPS) is 11.8. The molecule has 19 heavy (non-hydrogen) atoms. The Morgan fingerprint density at radius 1 is 1.47 bits per heavy atom. The molecule has 0 unspecified atom stereocenters. The number of aliphatic hydroxyl groups excluding tert-OH is 1. The number of aromatic nitrogens is 2. The minimum absolute atomic E-state index is 0.0306. The number of nitrogens with zero attached hydrogens (tertiary/aromatic N) is 3. The zero-order chi connectivity index (χ0) is 14.6. The Morgan fingerprint density at radius 2 is 2.11 bits per heavy atom. The molecule has 0 aromatic carbocycles. The summed E-state index contributed by atoms with van der Waals surface area (Å²) in [5.74, 6) is 2.35. The molecule has 0 amide bonds. The van der Waals surface area contributed by atoms with Crippen LogP contribution in [0.1, 0.15) is 18.3 Å². The minimum Gasteiger partial charge on any atom is -0.394 e. The molecule has 1 heterocycles. The zero-order valence-corrected chi connectivity index (χ0v) is 12.2. The standard InChI is InChI=1S/C12H19N3O3S/c1-5-7-14(6-2)19(17,18)12-10(3)13-15(8-9-16)11(12)4/h1,16H,6-9H2,2-4H3. The predicted molar refractivity (Wildman–Crippen MR) is 72.1 cm³/mol. The fourth-order valence-corrected chi connectivity index (χ4v) is 3.70. The van der Waals surface area contributed by atoms with Gasteiger partial charge in [-0.3, -0.25) is 4.68 Å². The van der Waals surface area contributed by atoms with Crippen LogP contribution < -0.4 is 0 Å². The molecule has 0 atom stereocenters. The van der Waals surface area contributed by atoms with Crippen LogP contribution in [0.15, 0.2) is 4.90 Å². The topological polar surface area (TPSA) is 75.4 Å². The summed E-state index contributed by atoms with van der Waals surface area (Å²) in [5, 5.41) is 13.1. The van der Waals surface area contributed by atoms with Gasteiger partial charge >= 0.3 is 0 Å². The van der Waals surface area contributed by atoms with Crippen LogP contribution >= 0.6 is 0 Å². The largest absolute Gasteiger partial charge is 0.394 e. The molecule has 1 aromatic heterocycles. The number of terminal acetylenes is 1. The van der Waals surface area contributed by atoms with Crippen molar-refractivity contribution in [2.45, 2.75) is 32.2 Å². The highest BCUT2D eigenvalue weighted by atomic mass is 32.2. The number of aryl methyl sites for hydroxylation is 1. The predicted octanol–water partition coefficient (Wildman–Crippen LogP) is 0.136. The summed E-state index contributed by atoms with van der Waals surface area (Å²) in [6, 6.07) is 0. The monoisotopic (exact) mass is 285 g/mol. The van der Waals surface area contributed by atoms with Crippen LogP contribution in [0.3, 0.4) is 0 Å². The molecule has 0 aliphatic heterocycles. The first kappa shape index (κ1) is 15.7. The van der Waals surface area contributed by atoms with Crippen molar-refractivity contribution >= 4 is 10.0 Å².